The molecule has 1 amide bonds. The van der Waals surface area contributed by atoms with Gasteiger partial charge in [-0.05, 0) is 50.5 Å². The van der Waals surface area contributed by atoms with Gasteiger partial charge in [-0.1, -0.05) is 54.2 Å². The Kier molecular flexibility index (Phi) is 8.92. The highest BCUT2D eigenvalue weighted by molar-refractivity contribution is 8.14. The number of carbonyl (C=O) groups excluding carboxylic acids is 2. The van der Waals surface area contributed by atoms with Crippen LogP contribution >= 0.6 is 11.8 Å². The molecule has 0 aromatic heterocycles. The van der Waals surface area contributed by atoms with Crippen LogP contribution in [0.4, 0.5) is 11.4 Å². The van der Waals surface area contributed by atoms with E-state index in [1.54, 1.807) is 6.92 Å². The van der Waals surface area contributed by atoms with Gasteiger partial charge in [-0.25, -0.2) is 4.99 Å². The van der Waals surface area contributed by atoms with Crippen LogP contribution in [0.15, 0.2) is 71.4 Å². The Labute approximate surface area is 193 Å². The van der Waals surface area contributed by atoms with Crippen molar-refractivity contribution in [3.05, 3.63) is 71.9 Å². The molecule has 3 rings (SSSR count). The van der Waals surface area contributed by atoms with Gasteiger partial charge < -0.3 is 15.4 Å². The molecule has 2 N–H and O–H groups in total. The van der Waals surface area contributed by atoms with E-state index in [4.69, 9.17) is 4.74 Å². The molecule has 2 aromatic rings. The molecular formula is C25H29N3O3S. The number of para-hydroxylation sites is 2. The SMILES string of the molecule is CCOC(=O)CC1=CC(SCC(=O)N[C@@H](C)CCc2ccccc2)=Nc2ccccc2N1. The quantitative estimate of drug-likeness (QED) is 0.533. The summed E-state index contributed by atoms with van der Waals surface area (Å²) in [6.45, 7) is 4.14. The summed E-state index contributed by atoms with van der Waals surface area (Å²) >= 11 is 1.35. The molecule has 6 nitrogen and oxygen atoms in total. The summed E-state index contributed by atoms with van der Waals surface area (Å²) in [6.07, 6.45) is 3.73. The maximum Gasteiger partial charge on any atom is 0.311 e. The molecular weight excluding hydrogens is 422 g/mol. The number of nitrogens with one attached hydrogen (secondary N) is 2. The number of carbonyl (C=O) groups is 2. The topological polar surface area (TPSA) is 79.8 Å². The van der Waals surface area contributed by atoms with Crippen molar-refractivity contribution in [2.24, 2.45) is 4.99 Å². The molecule has 0 radical (unpaired) electrons. The first kappa shape index (κ1) is 23.6. The molecule has 0 unspecified atom stereocenters. The summed E-state index contributed by atoms with van der Waals surface area (Å²) in [5.41, 5.74) is 3.54. The Hall–Kier alpha value is -3.06. The Bertz CT molecular complexity index is 989. The molecule has 1 atom stereocenters. The number of aryl methyl sites for hydroxylation is 1. The van der Waals surface area contributed by atoms with Gasteiger partial charge in [-0.15, -0.1) is 0 Å². The van der Waals surface area contributed by atoms with Crippen LogP contribution in [-0.4, -0.2) is 35.3 Å². The summed E-state index contributed by atoms with van der Waals surface area (Å²) in [6, 6.07) is 18.0. The molecule has 2 aromatic carbocycles. The number of amides is 1. The Morgan fingerprint density at radius 2 is 1.88 bits per heavy atom. The summed E-state index contributed by atoms with van der Waals surface area (Å²) in [4.78, 5) is 29.1. The number of aliphatic imine (C=N–C) groups is 1. The van der Waals surface area contributed by atoms with Crippen LogP contribution in [0.1, 0.15) is 32.3 Å². The predicted octanol–water partition coefficient (Wildman–Crippen LogP) is 4.85. The van der Waals surface area contributed by atoms with Crippen LogP contribution in [0.25, 0.3) is 0 Å². The zero-order chi connectivity index (χ0) is 22.8. The van der Waals surface area contributed by atoms with Crippen molar-refractivity contribution in [3.8, 4) is 0 Å². The lowest BCUT2D eigenvalue weighted by molar-refractivity contribution is -0.142. The molecule has 1 aliphatic rings. The van der Waals surface area contributed by atoms with Crippen LogP contribution in [-0.2, 0) is 20.7 Å². The number of anilines is 1. The Morgan fingerprint density at radius 3 is 2.66 bits per heavy atom. The number of thioether (sulfide) groups is 1. The minimum Gasteiger partial charge on any atom is -0.466 e. The van der Waals surface area contributed by atoms with Crippen molar-refractivity contribution >= 4 is 40.1 Å². The van der Waals surface area contributed by atoms with Crippen molar-refractivity contribution in [2.75, 3.05) is 17.7 Å². The van der Waals surface area contributed by atoms with Gasteiger partial charge in [-0.2, -0.15) is 0 Å². The van der Waals surface area contributed by atoms with Crippen LogP contribution in [0, 0.1) is 0 Å². The van der Waals surface area contributed by atoms with E-state index in [2.05, 4.69) is 27.8 Å². The highest BCUT2D eigenvalue weighted by Gasteiger charge is 2.16. The van der Waals surface area contributed by atoms with Crippen LogP contribution in [0.2, 0.25) is 0 Å². The number of nitrogens with zero attached hydrogens (tertiary/aromatic N) is 1. The van der Waals surface area contributed by atoms with Crippen LogP contribution in [0.3, 0.4) is 0 Å². The van der Waals surface area contributed by atoms with Crippen LogP contribution < -0.4 is 10.6 Å². The molecule has 32 heavy (non-hydrogen) atoms. The lowest BCUT2D eigenvalue weighted by atomic mass is 10.1. The molecule has 1 aliphatic heterocycles. The Morgan fingerprint density at radius 1 is 1.12 bits per heavy atom. The highest BCUT2D eigenvalue weighted by Crippen LogP contribution is 2.31. The first-order valence-corrected chi connectivity index (χ1v) is 11.8. The van der Waals surface area contributed by atoms with Gasteiger partial charge in [0.2, 0.25) is 5.91 Å². The maximum atomic E-state index is 12.5. The number of esters is 1. The van der Waals surface area contributed by atoms with Gasteiger partial charge >= 0.3 is 5.97 Å². The maximum absolute atomic E-state index is 12.5. The van der Waals surface area contributed by atoms with Gasteiger partial charge in [-0.3, -0.25) is 9.59 Å². The lowest BCUT2D eigenvalue weighted by Gasteiger charge is -2.14. The smallest absolute Gasteiger partial charge is 0.311 e. The fraction of sp³-hybridized carbons (Fsp3) is 0.320. The van der Waals surface area contributed by atoms with Crippen molar-refractivity contribution in [1.82, 2.24) is 5.32 Å². The van der Waals surface area contributed by atoms with Gasteiger partial charge in [0.15, 0.2) is 0 Å². The van der Waals surface area contributed by atoms with E-state index in [-0.39, 0.29) is 30.1 Å². The molecule has 1 heterocycles. The second kappa shape index (κ2) is 12.1. The zero-order valence-corrected chi connectivity index (χ0v) is 19.3. The number of ether oxygens (including phenoxy) is 1. The first-order valence-electron chi connectivity index (χ1n) is 10.8. The number of fused-ring (bicyclic) bond motifs is 1. The van der Waals surface area contributed by atoms with Gasteiger partial charge in [0.1, 0.15) is 0 Å². The summed E-state index contributed by atoms with van der Waals surface area (Å²) in [5.74, 6) is -0.0936. The molecule has 7 heteroatoms. The third-order valence-electron chi connectivity index (χ3n) is 4.84. The van der Waals surface area contributed by atoms with Crippen molar-refractivity contribution in [3.63, 3.8) is 0 Å². The van der Waals surface area contributed by atoms with E-state index in [9.17, 15) is 9.59 Å². The second-order valence-corrected chi connectivity index (χ2v) is 8.52. The molecule has 0 fully saturated rings. The monoisotopic (exact) mass is 451 g/mol. The van der Waals surface area contributed by atoms with E-state index in [1.807, 2.05) is 55.5 Å². The fourth-order valence-electron chi connectivity index (χ4n) is 3.28. The van der Waals surface area contributed by atoms with E-state index in [1.165, 1.54) is 17.3 Å². The number of hydrogen-bond donors (Lipinski definition) is 2. The molecule has 0 saturated heterocycles. The molecule has 0 bridgehead atoms. The number of hydrogen-bond acceptors (Lipinski definition) is 6. The van der Waals surface area contributed by atoms with E-state index < -0.39 is 0 Å². The minimum absolute atomic E-state index is 0.0379. The lowest BCUT2D eigenvalue weighted by Crippen LogP contribution is -2.34. The molecule has 0 saturated carbocycles. The number of benzene rings is 2. The molecule has 0 aliphatic carbocycles. The van der Waals surface area contributed by atoms with Gasteiger partial charge in [0, 0.05) is 11.7 Å². The average Bonchev–Trinajstić information content (AvgIpc) is 2.95. The second-order valence-electron chi connectivity index (χ2n) is 7.53. The van der Waals surface area contributed by atoms with E-state index in [0.717, 1.165) is 24.2 Å². The third kappa shape index (κ3) is 7.57. The average molecular weight is 452 g/mol. The molecule has 168 valence electrons. The van der Waals surface area contributed by atoms with Gasteiger partial charge in [0.05, 0.1) is 35.2 Å². The van der Waals surface area contributed by atoms with E-state index >= 15 is 0 Å². The normalized spacial score (nSPS) is 13.6. The van der Waals surface area contributed by atoms with Crippen LogP contribution in [0.5, 0.6) is 0 Å². The van der Waals surface area contributed by atoms with Crippen molar-refractivity contribution in [1.29, 1.82) is 0 Å². The zero-order valence-electron chi connectivity index (χ0n) is 18.5. The van der Waals surface area contributed by atoms with E-state index in [0.29, 0.717) is 17.3 Å². The summed E-state index contributed by atoms with van der Waals surface area (Å²) in [5, 5.41) is 7.00. The number of rotatable bonds is 9. The Balaban J connectivity index is 1.57. The van der Waals surface area contributed by atoms with Crippen molar-refractivity contribution < 1.29 is 14.3 Å². The van der Waals surface area contributed by atoms with Crippen molar-refractivity contribution in [2.45, 2.75) is 39.2 Å². The standard InChI is InChI=1S/C25H29N3O3S/c1-3-31-25(30)16-20-15-24(28-22-12-8-7-11-21(22)27-20)32-17-23(29)26-18(2)13-14-19-9-5-4-6-10-19/h4-12,15,18,27H,3,13-14,16-17H2,1-2H3,(H,26,29)/t18-/m0/s1. The predicted molar refractivity (Wildman–Crippen MR) is 131 cm³/mol. The highest BCUT2D eigenvalue weighted by atomic mass is 32.2. The largest absolute Gasteiger partial charge is 0.466 e. The minimum atomic E-state index is -0.306. The third-order valence-corrected chi connectivity index (χ3v) is 5.75. The fourth-order valence-corrected chi connectivity index (χ4v) is 4.03. The molecule has 0 spiro atoms. The summed E-state index contributed by atoms with van der Waals surface area (Å²) in [7, 11) is 0. The van der Waals surface area contributed by atoms with Gasteiger partial charge in [0.25, 0.3) is 0 Å². The summed E-state index contributed by atoms with van der Waals surface area (Å²) < 4.78 is 5.07. The first-order chi connectivity index (χ1) is 15.5.